The van der Waals surface area contributed by atoms with Crippen molar-refractivity contribution in [3.05, 3.63) is 60.2 Å². The number of benzene rings is 2. The van der Waals surface area contributed by atoms with Gasteiger partial charge in [-0.2, -0.15) is 0 Å². The van der Waals surface area contributed by atoms with Gasteiger partial charge in [0.2, 0.25) is 0 Å². The predicted octanol–water partition coefficient (Wildman–Crippen LogP) is 2.53. The molecule has 0 aromatic heterocycles. The second-order valence-corrected chi connectivity index (χ2v) is 4.74. The standard InChI is InChI=1S/C16H16F2N2O3/c17-14-7-6-13(8-15(14)18)23-10-12(21)9-19-16(22)20-11-4-2-1-3-5-11/h1-8,12,21H,9-10H2,(H2,19,20,22). The molecule has 1 atom stereocenters. The summed E-state index contributed by atoms with van der Waals surface area (Å²) in [6, 6.07) is 11.4. The van der Waals surface area contributed by atoms with Crippen molar-refractivity contribution in [1.29, 1.82) is 0 Å². The minimum Gasteiger partial charge on any atom is -0.491 e. The van der Waals surface area contributed by atoms with Gasteiger partial charge in [-0.3, -0.25) is 0 Å². The third kappa shape index (κ3) is 5.55. The van der Waals surface area contributed by atoms with Gasteiger partial charge >= 0.3 is 6.03 Å². The van der Waals surface area contributed by atoms with Crippen LogP contribution in [0, 0.1) is 11.6 Å². The normalized spacial score (nSPS) is 11.6. The average Bonchev–Trinajstić information content (AvgIpc) is 2.55. The summed E-state index contributed by atoms with van der Waals surface area (Å²) in [4.78, 5) is 11.6. The maximum Gasteiger partial charge on any atom is 0.319 e. The van der Waals surface area contributed by atoms with Crippen molar-refractivity contribution < 1.29 is 23.4 Å². The van der Waals surface area contributed by atoms with Crippen molar-refractivity contribution in [2.45, 2.75) is 6.10 Å². The Morgan fingerprint density at radius 2 is 1.87 bits per heavy atom. The fourth-order valence-electron chi connectivity index (χ4n) is 1.73. The molecule has 0 saturated heterocycles. The van der Waals surface area contributed by atoms with Crippen LogP contribution < -0.4 is 15.4 Å². The molecule has 0 fully saturated rings. The SMILES string of the molecule is O=C(NCC(O)COc1ccc(F)c(F)c1)Nc1ccccc1. The van der Waals surface area contributed by atoms with Gasteiger partial charge in [0.05, 0.1) is 0 Å². The highest BCUT2D eigenvalue weighted by Crippen LogP contribution is 2.15. The Hall–Kier alpha value is -2.67. The van der Waals surface area contributed by atoms with Crippen molar-refractivity contribution in [3.8, 4) is 5.75 Å². The molecule has 0 spiro atoms. The number of hydrogen-bond acceptors (Lipinski definition) is 3. The summed E-state index contributed by atoms with van der Waals surface area (Å²) in [5, 5.41) is 14.8. The minimum atomic E-state index is -1.03. The molecule has 0 radical (unpaired) electrons. The van der Waals surface area contributed by atoms with Crippen LogP contribution in [0.3, 0.4) is 0 Å². The smallest absolute Gasteiger partial charge is 0.319 e. The van der Waals surface area contributed by atoms with E-state index >= 15 is 0 Å². The van der Waals surface area contributed by atoms with Gasteiger partial charge in [-0.1, -0.05) is 18.2 Å². The summed E-state index contributed by atoms with van der Waals surface area (Å²) in [7, 11) is 0. The molecule has 0 saturated carbocycles. The van der Waals surface area contributed by atoms with E-state index in [1.165, 1.54) is 6.07 Å². The fourth-order valence-corrected chi connectivity index (χ4v) is 1.73. The summed E-state index contributed by atoms with van der Waals surface area (Å²) in [5.41, 5.74) is 0.623. The first kappa shape index (κ1) is 16.7. The van der Waals surface area contributed by atoms with E-state index in [9.17, 15) is 18.7 Å². The molecule has 0 heterocycles. The van der Waals surface area contributed by atoms with E-state index in [1.807, 2.05) is 6.07 Å². The van der Waals surface area contributed by atoms with Gasteiger partial charge in [0, 0.05) is 18.3 Å². The first-order valence-corrected chi connectivity index (χ1v) is 6.90. The number of para-hydroxylation sites is 1. The molecule has 0 bridgehead atoms. The second kappa shape index (κ2) is 8.09. The number of halogens is 2. The van der Waals surface area contributed by atoms with Gasteiger partial charge < -0.3 is 20.5 Å². The molecule has 5 nitrogen and oxygen atoms in total. The number of amides is 2. The zero-order valence-corrected chi connectivity index (χ0v) is 12.1. The number of carbonyl (C=O) groups excluding carboxylic acids is 1. The zero-order chi connectivity index (χ0) is 16.7. The Kier molecular flexibility index (Phi) is 5.87. The lowest BCUT2D eigenvalue weighted by atomic mass is 10.3. The first-order valence-electron chi connectivity index (χ1n) is 6.90. The highest BCUT2D eigenvalue weighted by molar-refractivity contribution is 5.89. The summed E-state index contributed by atoms with van der Waals surface area (Å²) >= 11 is 0. The Bertz CT molecular complexity index is 653. The molecule has 7 heteroatoms. The van der Waals surface area contributed by atoms with Crippen molar-refractivity contribution in [3.63, 3.8) is 0 Å². The van der Waals surface area contributed by atoms with Crippen LogP contribution >= 0.6 is 0 Å². The van der Waals surface area contributed by atoms with E-state index in [0.717, 1.165) is 12.1 Å². The number of carbonyl (C=O) groups is 1. The maximum absolute atomic E-state index is 13.0. The van der Waals surface area contributed by atoms with E-state index < -0.39 is 23.8 Å². The van der Waals surface area contributed by atoms with Crippen molar-refractivity contribution in [2.24, 2.45) is 0 Å². The van der Waals surface area contributed by atoms with Crippen LogP contribution in [0.2, 0.25) is 0 Å². The highest BCUT2D eigenvalue weighted by atomic mass is 19.2. The number of rotatable bonds is 6. The molecule has 1 unspecified atom stereocenters. The van der Waals surface area contributed by atoms with E-state index in [1.54, 1.807) is 24.3 Å². The summed E-state index contributed by atoms with van der Waals surface area (Å²) in [6.07, 6.45) is -0.996. The second-order valence-electron chi connectivity index (χ2n) is 4.74. The number of aliphatic hydroxyl groups is 1. The van der Waals surface area contributed by atoms with Gasteiger partial charge in [0.25, 0.3) is 0 Å². The van der Waals surface area contributed by atoms with Crippen LogP contribution in [-0.2, 0) is 0 Å². The van der Waals surface area contributed by atoms with Gasteiger partial charge in [0.1, 0.15) is 18.5 Å². The molecule has 2 aromatic carbocycles. The summed E-state index contributed by atoms with van der Waals surface area (Å²) in [5.74, 6) is -1.91. The van der Waals surface area contributed by atoms with E-state index in [-0.39, 0.29) is 18.9 Å². The van der Waals surface area contributed by atoms with E-state index in [4.69, 9.17) is 4.74 Å². The fraction of sp³-hybridized carbons (Fsp3) is 0.188. The molecular formula is C16H16F2N2O3. The average molecular weight is 322 g/mol. The monoisotopic (exact) mass is 322 g/mol. The predicted molar refractivity (Wildman–Crippen MR) is 81.3 cm³/mol. The van der Waals surface area contributed by atoms with Crippen LogP contribution in [0.4, 0.5) is 19.3 Å². The quantitative estimate of drug-likeness (QED) is 0.765. The highest BCUT2D eigenvalue weighted by Gasteiger charge is 2.09. The maximum atomic E-state index is 13.0. The molecular weight excluding hydrogens is 306 g/mol. The Morgan fingerprint density at radius 1 is 1.13 bits per heavy atom. The number of anilines is 1. The number of ether oxygens (including phenoxy) is 1. The molecule has 2 aromatic rings. The van der Waals surface area contributed by atoms with Crippen LogP contribution in [0.1, 0.15) is 0 Å². The van der Waals surface area contributed by atoms with Gasteiger partial charge in [-0.15, -0.1) is 0 Å². The number of nitrogens with one attached hydrogen (secondary N) is 2. The summed E-state index contributed by atoms with van der Waals surface area (Å²) in [6.45, 7) is -0.223. The minimum absolute atomic E-state index is 0.0532. The Labute approximate surface area is 131 Å². The summed E-state index contributed by atoms with van der Waals surface area (Å²) < 4.78 is 30.9. The third-order valence-electron chi connectivity index (χ3n) is 2.86. The molecule has 2 amide bonds. The third-order valence-corrected chi connectivity index (χ3v) is 2.86. The van der Waals surface area contributed by atoms with Gasteiger partial charge in [0.15, 0.2) is 11.6 Å². The number of aliphatic hydroxyl groups excluding tert-OH is 1. The largest absolute Gasteiger partial charge is 0.491 e. The van der Waals surface area contributed by atoms with Crippen LogP contribution in [0.25, 0.3) is 0 Å². The lowest BCUT2D eigenvalue weighted by molar-refractivity contribution is 0.108. The van der Waals surface area contributed by atoms with Crippen LogP contribution in [0.15, 0.2) is 48.5 Å². The van der Waals surface area contributed by atoms with Gasteiger partial charge in [-0.05, 0) is 24.3 Å². The van der Waals surface area contributed by atoms with Crippen LogP contribution in [-0.4, -0.2) is 30.4 Å². The molecule has 23 heavy (non-hydrogen) atoms. The van der Waals surface area contributed by atoms with Crippen LogP contribution in [0.5, 0.6) is 5.75 Å². The van der Waals surface area contributed by atoms with Crippen molar-refractivity contribution in [1.82, 2.24) is 5.32 Å². The molecule has 3 N–H and O–H groups in total. The Morgan fingerprint density at radius 3 is 2.57 bits per heavy atom. The van der Waals surface area contributed by atoms with E-state index in [0.29, 0.717) is 5.69 Å². The van der Waals surface area contributed by atoms with Crippen molar-refractivity contribution in [2.75, 3.05) is 18.5 Å². The Balaban J connectivity index is 1.71. The number of hydrogen-bond donors (Lipinski definition) is 3. The molecule has 0 aliphatic rings. The van der Waals surface area contributed by atoms with E-state index in [2.05, 4.69) is 10.6 Å². The molecule has 0 aliphatic carbocycles. The molecule has 2 rings (SSSR count). The number of urea groups is 1. The lowest BCUT2D eigenvalue weighted by Gasteiger charge is -2.14. The first-order chi connectivity index (χ1) is 11.0. The molecule has 0 aliphatic heterocycles. The van der Waals surface area contributed by atoms with Gasteiger partial charge in [-0.25, -0.2) is 13.6 Å². The van der Waals surface area contributed by atoms with Crippen molar-refractivity contribution >= 4 is 11.7 Å². The zero-order valence-electron chi connectivity index (χ0n) is 12.1. The lowest BCUT2D eigenvalue weighted by Crippen LogP contribution is -2.37. The topological polar surface area (TPSA) is 70.6 Å². The molecule has 122 valence electrons.